The first-order valence-electron chi connectivity index (χ1n) is 11.6. The third-order valence-electron chi connectivity index (χ3n) is 6.04. The number of hydrogen-bond donors (Lipinski definition) is 3. The lowest BCUT2D eigenvalue weighted by atomic mass is 10.0. The van der Waals surface area contributed by atoms with Crippen molar-refractivity contribution in [2.75, 3.05) is 11.5 Å². The molecule has 4 heterocycles. The molecule has 2 unspecified atom stereocenters. The van der Waals surface area contributed by atoms with Gasteiger partial charge in [0.05, 0.1) is 0 Å². The Morgan fingerprint density at radius 2 is 2.14 bits per heavy atom. The van der Waals surface area contributed by atoms with Gasteiger partial charge in [0, 0.05) is 29.7 Å². The Morgan fingerprint density at radius 3 is 2.84 bits per heavy atom. The molecular formula is C24H24N7O5S+. The lowest BCUT2D eigenvalue weighted by Gasteiger charge is -2.49. The third kappa shape index (κ3) is 5.03. The van der Waals surface area contributed by atoms with Crippen LogP contribution in [0.5, 0.6) is 0 Å². The summed E-state index contributed by atoms with van der Waals surface area (Å²) in [6.07, 6.45) is 10.1. The number of carbonyl (C=O) groups is 3. The molecule has 0 radical (unpaired) electrons. The Hall–Kier alpha value is -4.26. The Labute approximate surface area is 215 Å². The summed E-state index contributed by atoms with van der Waals surface area (Å²) < 4.78 is 1.84. The summed E-state index contributed by atoms with van der Waals surface area (Å²) in [5, 5.41) is 16.0. The monoisotopic (exact) mass is 522 g/mol. The molecule has 0 aromatic carbocycles. The minimum atomic E-state index is -1.19. The Bertz CT molecular complexity index is 1330. The number of carbonyl (C=O) groups excluding carboxylic acids is 2. The average molecular weight is 523 g/mol. The molecule has 12 nitrogen and oxygen atoms in total. The van der Waals surface area contributed by atoms with Crippen LogP contribution in [0.2, 0.25) is 0 Å². The zero-order chi connectivity index (χ0) is 25.9. The van der Waals surface area contributed by atoms with Gasteiger partial charge < -0.3 is 21.0 Å². The van der Waals surface area contributed by atoms with Crippen LogP contribution in [-0.2, 0) is 25.8 Å². The van der Waals surface area contributed by atoms with Crippen LogP contribution in [-0.4, -0.2) is 66.7 Å². The molecule has 0 saturated carbocycles. The number of rotatable bonds is 8. The second kappa shape index (κ2) is 10.4. The molecule has 37 heavy (non-hydrogen) atoms. The van der Waals surface area contributed by atoms with Crippen molar-refractivity contribution in [1.29, 1.82) is 0 Å². The maximum atomic E-state index is 13.2. The average Bonchev–Trinajstić information content (AvgIpc) is 3.41. The number of pyridine rings is 1. The number of allylic oxidation sites excluding steroid dienone is 1. The minimum absolute atomic E-state index is 0.0484. The number of carboxylic acid groups (broad SMARTS) is 1. The number of nitrogens with zero attached hydrogens (tertiary/aromatic N) is 5. The number of fused-ring (bicyclic) bond motifs is 1. The molecule has 4 N–H and O–H groups in total. The van der Waals surface area contributed by atoms with Gasteiger partial charge in [-0.2, -0.15) is 0 Å². The van der Waals surface area contributed by atoms with Gasteiger partial charge in [0.1, 0.15) is 29.0 Å². The molecular weight excluding hydrogens is 498 g/mol. The molecule has 0 spiro atoms. The number of anilines is 1. The van der Waals surface area contributed by atoms with Crippen molar-refractivity contribution in [3.05, 3.63) is 72.1 Å². The van der Waals surface area contributed by atoms with Crippen LogP contribution in [0.4, 0.5) is 5.82 Å². The predicted octanol–water partition coefficient (Wildman–Crippen LogP) is 0.224. The molecule has 2 aromatic rings. The maximum Gasteiger partial charge on any atom is 0.352 e. The highest BCUT2D eigenvalue weighted by Gasteiger charge is 2.54. The van der Waals surface area contributed by atoms with E-state index in [2.05, 4.69) is 20.4 Å². The number of hydrogen-bond acceptors (Lipinski definition) is 9. The number of aromatic nitrogens is 3. The van der Waals surface area contributed by atoms with Gasteiger partial charge in [-0.1, -0.05) is 17.3 Å². The van der Waals surface area contributed by atoms with Crippen molar-refractivity contribution in [2.24, 2.45) is 5.16 Å². The number of aliphatic carboxylic acids is 1. The topological polar surface area (TPSA) is 164 Å². The first-order chi connectivity index (χ1) is 17.9. The second-order valence-electron chi connectivity index (χ2n) is 8.56. The van der Waals surface area contributed by atoms with Gasteiger partial charge in [-0.05, 0) is 25.0 Å². The molecule has 2 aliphatic heterocycles. The van der Waals surface area contributed by atoms with E-state index >= 15 is 0 Å². The number of carboxylic acids is 1. The number of thioether (sulfide) groups is 1. The van der Waals surface area contributed by atoms with Gasteiger partial charge in [-0.3, -0.25) is 14.5 Å². The third-order valence-corrected chi connectivity index (χ3v) is 7.38. The summed E-state index contributed by atoms with van der Waals surface area (Å²) in [4.78, 5) is 53.3. The van der Waals surface area contributed by atoms with E-state index in [0.717, 1.165) is 12.8 Å². The predicted molar refractivity (Wildman–Crippen MR) is 133 cm³/mol. The summed E-state index contributed by atoms with van der Waals surface area (Å²) in [5.74, 6) is -1.96. The van der Waals surface area contributed by atoms with Crippen molar-refractivity contribution in [3.8, 4) is 0 Å². The quantitative estimate of drug-likeness (QED) is 0.145. The minimum Gasteiger partial charge on any atom is -0.477 e. The van der Waals surface area contributed by atoms with E-state index in [1.165, 1.54) is 28.9 Å². The Kier molecular flexibility index (Phi) is 6.86. The van der Waals surface area contributed by atoms with Crippen molar-refractivity contribution in [2.45, 2.75) is 36.9 Å². The van der Waals surface area contributed by atoms with Crippen molar-refractivity contribution in [1.82, 2.24) is 20.2 Å². The fourth-order valence-corrected chi connectivity index (χ4v) is 5.59. The first kappa shape index (κ1) is 24.4. The molecule has 2 amide bonds. The molecule has 5 rings (SSSR count). The highest BCUT2D eigenvalue weighted by molar-refractivity contribution is 8.00. The normalized spacial score (nSPS) is 22.9. The van der Waals surface area contributed by atoms with Gasteiger partial charge in [-0.25, -0.2) is 19.3 Å². The number of nitrogen functional groups attached to an aromatic ring is 1. The van der Waals surface area contributed by atoms with E-state index in [0.29, 0.717) is 17.9 Å². The van der Waals surface area contributed by atoms with Crippen molar-refractivity contribution in [3.63, 3.8) is 0 Å². The molecule has 13 heteroatoms. The fraction of sp³-hybridized carbons (Fsp3) is 0.292. The highest BCUT2D eigenvalue weighted by Crippen LogP contribution is 2.40. The van der Waals surface area contributed by atoms with Gasteiger partial charge in [-0.15, -0.1) is 11.8 Å². The van der Waals surface area contributed by atoms with Crippen LogP contribution in [0.3, 0.4) is 0 Å². The van der Waals surface area contributed by atoms with E-state index in [-0.39, 0.29) is 29.2 Å². The first-order valence-corrected chi connectivity index (χ1v) is 12.6. The maximum absolute atomic E-state index is 13.2. The van der Waals surface area contributed by atoms with Gasteiger partial charge >= 0.3 is 5.97 Å². The molecule has 190 valence electrons. The summed E-state index contributed by atoms with van der Waals surface area (Å²) in [5.41, 5.74) is 6.08. The van der Waals surface area contributed by atoms with E-state index in [1.54, 1.807) is 0 Å². The molecule has 1 aliphatic carbocycles. The molecule has 1 saturated heterocycles. The van der Waals surface area contributed by atoms with E-state index in [1.807, 2.05) is 47.3 Å². The fourth-order valence-electron chi connectivity index (χ4n) is 4.26. The van der Waals surface area contributed by atoms with Crippen LogP contribution in [0.1, 0.15) is 18.7 Å². The summed E-state index contributed by atoms with van der Waals surface area (Å²) in [6.45, 7) is 0.333. The standard InChI is InChI=1S/C24H23N7O5S/c25-16-8-9-26-20(27-16)17(29-36-15-6-2-3-7-15)21(32)28-18-22(33)31-19(24(34)35)14(13-37-23(18)31)12-30-10-4-1-5-11-30/h1-2,4-6,8-11,15,18,23H,3,7,12-13H2,(H3-,25,26,27,28,32,34,35)/p+1/t15?,18?,23-/m1/s1. The largest absolute Gasteiger partial charge is 0.477 e. The Balaban J connectivity index is 1.35. The molecule has 2 aromatic heterocycles. The lowest BCUT2D eigenvalue weighted by molar-refractivity contribution is -0.689. The SMILES string of the molecule is Nc1ccnc(C(=NOC2C=CCC2)C(=O)NC2C(=O)N3C(C(=O)O)=C(C[n+]4ccccc4)CS[C@H]23)n1. The van der Waals surface area contributed by atoms with Crippen LogP contribution in [0.15, 0.2) is 71.4 Å². The number of nitrogens with one attached hydrogen (secondary N) is 1. The summed E-state index contributed by atoms with van der Waals surface area (Å²) in [7, 11) is 0. The number of oxime groups is 1. The van der Waals surface area contributed by atoms with Crippen LogP contribution in [0, 0.1) is 0 Å². The van der Waals surface area contributed by atoms with Gasteiger partial charge in [0.2, 0.25) is 5.71 Å². The zero-order valence-corrected chi connectivity index (χ0v) is 20.4. The number of nitrogens with two attached hydrogens (primary N) is 1. The highest BCUT2D eigenvalue weighted by atomic mass is 32.2. The van der Waals surface area contributed by atoms with E-state index < -0.39 is 29.2 Å². The summed E-state index contributed by atoms with van der Waals surface area (Å²) >= 11 is 1.38. The number of β-lactam (4-membered cyclic amide) rings is 1. The Morgan fingerprint density at radius 1 is 1.32 bits per heavy atom. The lowest BCUT2D eigenvalue weighted by Crippen LogP contribution is -2.71. The molecule has 3 atom stereocenters. The number of amides is 2. The van der Waals surface area contributed by atoms with Crippen molar-refractivity contribution >= 4 is 41.1 Å². The van der Waals surface area contributed by atoms with Crippen molar-refractivity contribution < 1.29 is 28.9 Å². The summed E-state index contributed by atoms with van der Waals surface area (Å²) in [6, 6.07) is 6.07. The van der Waals surface area contributed by atoms with E-state index in [4.69, 9.17) is 10.6 Å². The zero-order valence-electron chi connectivity index (χ0n) is 19.6. The smallest absolute Gasteiger partial charge is 0.352 e. The van der Waals surface area contributed by atoms with Gasteiger partial charge in [0.15, 0.2) is 24.8 Å². The van der Waals surface area contributed by atoms with Crippen LogP contribution >= 0.6 is 11.8 Å². The van der Waals surface area contributed by atoms with Crippen LogP contribution < -0.4 is 15.6 Å². The van der Waals surface area contributed by atoms with E-state index in [9.17, 15) is 19.5 Å². The second-order valence-corrected chi connectivity index (χ2v) is 9.67. The molecule has 1 fully saturated rings. The van der Waals surface area contributed by atoms with Crippen LogP contribution in [0.25, 0.3) is 0 Å². The molecule has 3 aliphatic rings. The molecule has 0 bridgehead atoms. The van der Waals surface area contributed by atoms with Gasteiger partial charge in [0.25, 0.3) is 11.8 Å².